The fourth-order valence-electron chi connectivity index (χ4n) is 0.757. The van der Waals surface area contributed by atoms with Gasteiger partial charge in [-0.2, -0.15) is 0 Å². The zero-order chi connectivity index (χ0) is 11.0. The zero-order valence-corrected chi connectivity index (χ0v) is 8.60. The van der Waals surface area contributed by atoms with Gasteiger partial charge in [0.25, 0.3) is 0 Å². The molecule has 0 saturated heterocycles. The van der Waals surface area contributed by atoms with E-state index in [1.807, 2.05) is 37.3 Å². The summed E-state index contributed by atoms with van der Waals surface area (Å²) in [5, 5.41) is 7.72. The molecule has 0 fully saturated rings. The van der Waals surface area contributed by atoms with Crippen LogP contribution in [0.5, 0.6) is 0 Å². The van der Waals surface area contributed by atoms with Gasteiger partial charge in [-0.05, 0) is 12.5 Å². The average Bonchev–Trinajstić information content (AvgIpc) is 2.20. The van der Waals surface area contributed by atoms with Crippen LogP contribution in [0.25, 0.3) is 0 Å². The Morgan fingerprint density at radius 3 is 2.07 bits per heavy atom. The highest BCUT2D eigenvalue weighted by molar-refractivity contribution is 5.66. The summed E-state index contributed by atoms with van der Waals surface area (Å²) in [5.41, 5.74) is 6.81. The number of benzene rings is 1. The normalized spacial score (nSPS) is 11.1. The van der Waals surface area contributed by atoms with E-state index < -0.39 is 5.97 Å². The monoisotopic (exact) mass is 195 g/mol. The van der Waals surface area contributed by atoms with Gasteiger partial charge in [-0.15, -0.1) is 0 Å². The molecule has 1 unspecified atom stereocenters. The van der Waals surface area contributed by atoms with Crippen LogP contribution >= 0.6 is 0 Å². The Balaban J connectivity index is 0.000000292. The SMILES string of the molecule is CC(N)c1ccccc1.CCC(=O)O. The molecule has 0 aliphatic carbocycles. The molecule has 0 aliphatic rings. The van der Waals surface area contributed by atoms with Crippen molar-refractivity contribution >= 4 is 5.97 Å². The molecule has 3 nitrogen and oxygen atoms in total. The molecule has 0 amide bonds. The summed E-state index contributed by atoms with van der Waals surface area (Å²) in [5.74, 6) is -0.745. The Morgan fingerprint density at radius 1 is 1.43 bits per heavy atom. The van der Waals surface area contributed by atoms with Gasteiger partial charge in [0.05, 0.1) is 0 Å². The molecule has 3 N–H and O–H groups in total. The van der Waals surface area contributed by atoms with E-state index in [-0.39, 0.29) is 12.5 Å². The summed E-state index contributed by atoms with van der Waals surface area (Å²) in [4.78, 5) is 9.37. The number of nitrogens with two attached hydrogens (primary N) is 1. The minimum absolute atomic E-state index is 0.159. The van der Waals surface area contributed by atoms with Crippen molar-refractivity contribution in [1.82, 2.24) is 0 Å². The van der Waals surface area contributed by atoms with Crippen LogP contribution < -0.4 is 5.73 Å². The number of hydrogen-bond donors (Lipinski definition) is 2. The van der Waals surface area contributed by atoms with Crippen LogP contribution in [0.4, 0.5) is 0 Å². The van der Waals surface area contributed by atoms with Crippen molar-refractivity contribution in [2.24, 2.45) is 5.73 Å². The third-order valence-corrected chi connectivity index (χ3v) is 1.63. The van der Waals surface area contributed by atoms with Gasteiger partial charge < -0.3 is 10.8 Å². The first-order valence-corrected chi connectivity index (χ1v) is 4.60. The second-order valence-electron chi connectivity index (χ2n) is 2.95. The lowest BCUT2D eigenvalue weighted by molar-refractivity contribution is -0.136. The summed E-state index contributed by atoms with van der Waals surface area (Å²) in [7, 11) is 0. The summed E-state index contributed by atoms with van der Waals surface area (Å²) >= 11 is 0. The van der Waals surface area contributed by atoms with E-state index in [4.69, 9.17) is 10.8 Å². The van der Waals surface area contributed by atoms with Gasteiger partial charge in [-0.1, -0.05) is 37.3 Å². The fourth-order valence-corrected chi connectivity index (χ4v) is 0.757. The van der Waals surface area contributed by atoms with Crippen molar-refractivity contribution in [3.63, 3.8) is 0 Å². The molecule has 1 atom stereocenters. The molecule has 3 heteroatoms. The number of aliphatic carboxylic acids is 1. The first kappa shape index (κ1) is 12.7. The van der Waals surface area contributed by atoms with Gasteiger partial charge in [0.1, 0.15) is 0 Å². The molecule has 0 aromatic heterocycles. The van der Waals surface area contributed by atoms with Gasteiger partial charge in [0.2, 0.25) is 0 Å². The molecular formula is C11H17NO2. The lowest BCUT2D eigenvalue weighted by Crippen LogP contribution is -2.03. The maximum absolute atomic E-state index is 9.37. The maximum atomic E-state index is 9.37. The maximum Gasteiger partial charge on any atom is 0.303 e. The predicted molar refractivity (Wildman–Crippen MR) is 57.0 cm³/mol. The molecular weight excluding hydrogens is 178 g/mol. The van der Waals surface area contributed by atoms with Crippen LogP contribution in [-0.2, 0) is 4.79 Å². The van der Waals surface area contributed by atoms with Crippen LogP contribution in [0.15, 0.2) is 30.3 Å². The van der Waals surface area contributed by atoms with Crippen molar-refractivity contribution < 1.29 is 9.90 Å². The van der Waals surface area contributed by atoms with E-state index in [1.54, 1.807) is 6.92 Å². The first-order chi connectivity index (χ1) is 6.57. The molecule has 0 saturated carbocycles. The van der Waals surface area contributed by atoms with Crippen LogP contribution in [0.1, 0.15) is 31.9 Å². The molecule has 1 rings (SSSR count). The Hall–Kier alpha value is -1.35. The number of hydrogen-bond acceptors (Lipinski definition) is 2. The molecule has 14 heavy (non-hydrogen) atoms. The van der Waals surface area contributed by atoms with E-state index in [0.717, 1.165) is 0 Å². The van der Waals surface area contributed by atoms with E-state index in [2.05, 4.69) is 0 Å². The molecule has 1 aromatic rings. The number of carboxylic acids is 1. The van der Waals surface area contributed by atoms with E-state index >= 15 is 0 Å². The highest BCUT2D eigenvalue weighted by atomic mass is 16.4. The van der Waals surface area contributed by atoms with Gasteiger partial charge >= 0.3 is 5.97 Å². The molecule has 1 aromatic carbocycles. The Morgan fingerprint density at radius 2 is 1.86 bits per heavy atom. The van der Waals surface area contributed by atoms with Crippen molar-refractivity contribution in [1.29, 1.82) is 0 Å². The van der Waals surface area contributed by atoms with Gasteiger partial charge in [-0.3, -0.25) is 4.79 Å². The van der Waals surface area contributed by atoms with E-state index in [9.17, 15) is 4.79 Å². The van der Waals surface area contributed by atoms with Crippen LogP contribution in [0, 0.1) is 0 Å². The molecule has 0 spiro atoms. The molecule has 0 bridgehead atoms. The van der Waals surface area contributed by atoms with Crippen LogP contribution in [0.3, 0.4) is 0 Å². The van der Waals surface area contributed by atoms with Crippen LogP contribution in [-0.4, -0.2) is 11.1 Å². The number of carboxylic acid groups (broad SMARTS) is 1. The quantitative estimate of drug-likeness (QED) is 0.760. The fraction of sp³-hybridized carbons (Fsp3) is 0.364. The zero-order valence-electron chi connectivity index (χ0n) is 8.60. The highest BCUT2D eigenvalue weighted by Gasteiger charge is 1.93. The molecule has 0 heterocycles. The number of carbonyl (C=O) groups is 1. The van der Waals surface area contributed by atoms with E-state index in [0.29, 0.717) is 0 Å². The Bertz CT molecular complexity index is 257. The second-order valence-corrected chi connectivity index (χ2v) is 2.95. The molecule has 78 valence electrons. The van der Waals surface area contributed by atoms with Crippen LogP contribution in [0.2, 0.25) is 0 Å². The summed E-state index contributed by atoms with van der Waals surface area (Å²) in [6.07, 6.45) is 0.222. The lowest BCUT2D eigenvalue weighted by atomic mass is 10.1. The minimum atomic E-state index is -0.745. The summed E-state index contributed by atoms with van der Waals surface area (Å²) < 4.78 is 0. The largest absolute Gasteiger partial charge is 0.481 e. The Kier molecular flexibility index (Phi) is 6.41. The van der Waals surface area contributed by atoms with Gasteiger partial charge in [0.15, 0.2) is 0 Å². The standard InChI is InChI=1S/C8H11N.C3H6O2/c1-7(9)8-5-3-2-4-6-8;1-2-3(4)5/h2-7H,9H2,1H3;2H2,1H3,(H,4,5). The topological polar surface area (TPSA) is 63.3 Å². The van der Waals surface area contributed by atoms with Crippen molar-refractivity contribution in [2.45, 2.75) is 26.3 Å². The highest BCUT2D eigenvalue weighted by Crippen LogP contribution is 2.06. The van der Waals surface area contributed by atoms with Gasteiger partial charge in [0, 0.05) is 12.5 Å². The van der Waals surface area contributed by atoms with Crippen molar-refractivity contribution in [2.75, 3.05) is 0 Å². The summed E-state index contributed by atoms with van der Waals surface area (Å²) in [6.45, 7) is 3.58. The number of rotatable bonds is 2. The third-order valence-electron chi connectivity index (χ3n) is 1.63. The first-order valence-electron chi connectivity index (χ1n) is 4.60. The second kappa shape index (κ2) is 7.09. The van der Waals surface area contributed by atoms with Crippen molar-refractivity contribution in [3.8, 4) is 0 Å². The van der Waals surface area contributed by atoms with Crippen molar-refractivity contribution in [3.05, 3.63) is 35.9 Å². The molecule has 0 radical (unpaired) electrons. The predicted octanol–water partition coefficient (Wildman–Crippen LogP) is 2.19. The minimum Gasteiger partial charge on any atom is -0.481 e. The Labute approximate surface area is 84.6 Å². The molecule has 0 aliphatic heterocycles. The summed E-state index contributed by atoms with van der Waals surface area (Å²) in [6, 6.07) is 10.2. The van der Waals surface area contributed by atoms with E-state index in [1.165, 1.54) is 5.56 Å². The lowest BCUT2D eigenvalue weighted by Gasteiger charge is -2.02. The smallest absolute Gasteiger partial charge is 0.303 e. The van der Waals surface area contributed by atoms with Gasteiger partial charge in [-0.25, -0.2) is 0 Å². The third kappa shape index (κ3) is 6.20. The average molecular weight is 195 g/mol.